The quantitative estimate of drug-likeness (QED) is 0.381. The van der Waals surface area contributed by atoms with E-state index in [0.717, 1.165) is 24.5 Å². The van der Waals surface area contributed by atoms with Crippen molar-refractivity contribution in [3.05, 3.63) is 60.1 Å². The molecule has 186 valence electrons. The molecule has 1 saturated carbocycles. The van der Waals surface area contributed by atoms with Crippen LogP contribution in [0.1, 0.15) is 24.2 Å². The van der Waals surface area contributed by atoms with Crippen LogP contribution >= 0.6 is 0 Å². The van der Waals surface area contributed by atoms with Gasteiger partial charge in [-0.05, 0) is 37.1 Å². The molecule has 0 bridgehead atoms. The third-order valence-corrected chi connectivity index (χ3v) is 7.84. The number of amides is 1. The van der Waals surface area contributed by atoms with Gasteiger partial charge in [0.15, 0.2) is 9.84 Å². The molecule has 1 aromatic carbocycles. The molecule has 0 saturated heterocycles. The number of ether oxygens (including phenoxy) is 1. The van der Waals surface area contributed by atoms with E-state index in [-0.39, 0.29) is 22.9 Å². The zero-order chi connectivity index (χ0) is 25.4. The van der Waals surface area contributed by atoms with E-state index in [1.165, 1.54) is 30.1 Å². The van der Waals surface area contributed by atoms with Gasteiger partial charge in [0.05, 0.1) is 36.1 Å². The fraction of sp³-hybridized carbons (Fsp3) is 0.333. The Morgan fingerprint density at radius 3 is 2.37 bits per heavy atom. The molecule has 35 heavy (non-hydrogen) atoms. The number of methoxy groups -OCH3 is 1. The SMILES string of the molecule is COc1nn(-c2cnc(C(F)(F)F)nc2)cc1CC(=O)N[C@@H]1CC[C@@H]1S(=O)(=O)c1ccc(F)cc1. The number of benzene rings is 1. The molecule has 2 aromatic heterocycles. The number of nitrogens with one attached hydrogen (secondary N) is 1. The molecule has 1 amide bonds. The molecular formula is C21H19F4N5O4S. The van der Waals surface area contributed by atoms with Gasteiger partial charge < -0.3 is 10.1 Å². The summed E-state index contributed by atoms with van der Waals surface area (Å²) in [5.41, 5.74) is 0.439. The van der Waals surface area contributed by atoms with Crippen LogP contribution in [0.4, 0.5) is 17.6 Å². The zero-order valence-electron chi connectivity index (χ0n) is 18.2. The molecule has 2 heterocycles. The summed E-state index contributed by atoms with van der Waals surface area (Å²) in [6.07, 6.45) is -0.845. The van der Waals surface area contributed by atoms with E-state index in [0.29, 0.717) is 18.4 Å². The topological polar surface area (TPSA) is 116 Å². The number of alkyl halides is 3. The molecule has 1 N–H and O–H groups in total. The van der Waals surface area contributed by atoms with Crippen LogP contribution < -0.4 is 10.1 Å². The van der Waals surface area contributed by atoms with Crippen LogP contribution in [0.5, 0.6) is 5.88 Å². The van der Waals surface area contributed by atoms with Crippen molar-refractivity contribution in [1.29, 1.82) is 0 Å². The number of hydrogen-bond donors (Lipinski definition) is 1. The lowest BCUT2D eigenvalue weighted by atomic mass is 9.92. The highest BCUT2D eigenvalue weighted by atomic mass is 32.2. The van der Waals surface area contributed by atoms with Crippen molar-refractivity contribution in [3.63, 3.8) is 0 Å². The normalized spacial score (nSPS) is 18.1. The van der Waals surface area contributed by atoms with Gasteiger partial charge in [-0.3, -0.25) is 4.79 Å². The molecular weight excluding hydrogens is 494 g/mol. The summed E-state index contributed by atoms with van der Waals surface area (Å²) in [5.74, 6) is -2.29. The number of carbonyl (C=O) groups excluding carboxylic acids is 1. The summed E-state index contributed by atoms with van der Waals surface area (Å²) in [7, 11) is -2.45. The van der Waals surface area contributed by atoms with Gasteiger partial charge in [-0.1, -0.05) is 0 Å². The molecule has 0 spiro atoms. The minimum Gasteiger partial charge on any atom is -0.480 e. The first-order valence-corrected chi connectivity index (χ1v) is 11.8. The Bertz CT molecular complexity index is 1330. The van der Waals surface area contributed by atoms with Crippen LogP contribution in [-0.4, -0.2) is 52.5 Å². The van der Waals surface area contributed by atoms with Crippen molar-refractivity contribution < 1.29 is 35.5 Å². The first-order chi connectivity index (χ1) is 16.5. The number of rotatable bonds is 7. The van der Waals surface area contributed by atoms with Crippen LogP contribution in [0.15, 0.2) is 47.8 Å². The summed E-state index contributed by atoms with van der Waals surface area (Å²) in [4.78, 5) is 19.2. The number of hydrogen-bond acceptors (Lipinski definition) is 7. The summed E-state index contributed by atoms with van der Waals surface area (Å²) in [5, 5.41) is 5.94. The third kappa shape index (κ3) is 5.11. The predicted octanol–water partition coefficient (Wildman–Crippen LogP) is 2.49. The van der Waals surface area contributed by atoms with E-state index >= 15 is 0 Å². The highest BCUT2D eigenvalue weighted by Crippen LogP contribution is 2.32. The number of nitrogens with zero attached hydrogens (tertiary/aromatic N) is 4. The first kappa shape index (κ1) is 24.6. The molecule has 9 nitrogen and oxygen atoms in total. The van der Waals surface area contributed by atoms with Gasteiger partial charge in [0.25, 0.3) is 0 Å². The van der Waals surface area contributed by atoms with Crippen molar-refractivity contribution >= 4 is 15.7 Å². The molecule has 4 rings (SSSR count). The fourth-order valence-corrected chi connectivity index (χ4v) is 5.59. The maximum Gasteiger partial charge on any atom is 0.451 e. The minimum absolute atomic E-state index is 0.0236. The lowest BCUT2D eigenvalue weighted by Crippen LogP contribution is -2.54. The Kier molecular flexibility index (Phi) is 6.49. The second-order valence-corrected chi connectivity index (χ2v) is 10.0. The molecule has 3 aromatic rings. The van der Waals surface area contributed by atoms with Crippen molar-refractivity contribution in [2.24, 2.45) is 0 Å². The second kappa shape index (κ2) is 9.24. The summed E-state index contributed by atoms with van der Waals surface area (Å²) >= 11 is 0. The standard InChI is InChI=1S/C21H19F4N5O4S/c1-34-19-12(11-30(29-19)14-9-26-20(27-10-14)21(23,24)25)8-18(31)28-16-6-7-17(16)35(32,33)15-4-2-13(22)3-5-15/h2-5,9-11,16-17H,6-8H2,1H3,(H,28,31)/t16-,17+/m1/s1. The van der Waals surface area contributed by atoms with Crippen molar-refractivity contribution in [1.82, 2.24) is 25.1 Å². The zero-order valence-corrected chi connectivity index (χ0v) is 19.0. The second-order valence-electron chi connectivity index (χ2n) is 7.84. The average Bonchev–Trinajstić information content (AvgIpc) is 3.19. The maximum absolute atomic E-state index is 13.1. The van der Waals surface area contributed by atoms with Crippen molar-refractivity contribution in [2.75, 3.05) is 7.11 Å². The fourth-order valence-electron chi connectivity index (χ4n) is 3.64. The van der Waals surface area contributed by atoms with Crippen molar-refractivity contribution in [2.45, 2.75) is 41.6 Å². The van der Waals surface area contributed by atoms with Gasteiger partial charge in [-0.25, -0.2) is 27.5 Å². The van der Waals surface area contributed by atoms with Gasteiger partial charge in [0.1, 0.15) is 11.5 Å². The Hall–Kier alpha value is -3.55. The van der Waals surface area contributed by atoms with Gasteiger partial charge in [0.2, 0.25) is 17.6 Å². The van der Waals surface area contributed by atoms with E-state index in [9.17, 15) is 30.8 Å². The summed E-state index contributed by atoms with van der Waals surface area (Å²) in [6, 6.07) is 3.87. The molecule has 0 aliphatic heterocycles. The van der Waals surface area contributed by atoms with E-state index < -0.39 is 44.9 Å². The van der Waals surface area contributed by atoms with Crippen LogP contribution in [0, 0.1) is 5.82 Å². The Morgan fingerprint density at radius 2 is 1.83 bits per heavy atom. The van der Waals surface area contributed by atoms with Crippen LogP contribution in [0.2, 0.25) is 0 Å². The predicted molar refractivity (Wildman–Crippen MR) is 113 cm³/mol. The number of aromatic nitrogens is 4. The first-order valence-electron chi connectivity index (χ1n) is 10.3. The van der Waals surface area contributed by atoms with Gasteiger partial charge >= 0.3 is 6.18 Å². The van der Waals surface area contributed by atoms with E-state index in [1.54, 1.807) is 0 Å². The Morgan fingerprint density at radius 1 is 1.17 bits per heavy atom. The smallest absolute Gasteiger partial charge is 0.451 e. The number of sulfone groups is 1. The molecule has 0 radical (unpaired) electrons. The van der Waals surface area contributed by atoms with Crippen LogP contribution in [0.25, 0.3) is 5.69 Å². The Balaban J connectivity index is 1.45. The lowest BCUT2D eigenvalue weighted by molar-refractivity contribution is -0.145. The summed E-state index contributed by atoms with van der Waals surface area (Å²) in [6.45, 7) is 0. The van der Waals surface area contributed by atoms with Gasteiger partial charge in [0, 0.05) is 17.8 Å². The van der Waals surface area contributed by atoms with E-state index in [2.05, 4.69) is 20.4 Å². The lowest BCUT2D eigenvalue weighted by Gasteiger charge is -2.36. The molecule has 1 aliphatic carbocycles. The monoisotopic (exact) mass is 513 g/mol. The minimum atomic E-state index is -4.69. The molecule has 1 aliphatic rings. The Labute approximate surface area is 197 Å². The molecule has 0 unspecified atom stereocenters. The van der Waals surface area contributed by atoms with Gasteiger partial charge in [-0.2, -0.15) is 13.2 Å². The maximum atomic E-state index is 13.1. The highest BCUT2D eigenvalue weighted by Gasteiger charge is 2.42. The summed E-state index contributed by atoms with van der Waals surface area (Å²) < 4.78 is 83.2. The number of halogens is 4. The van der Waals surface area contributed by atoms with E-state index in [1.807, 2.05) is 0 Å². The van der Waals surface area contributed by atoms with E-state index in [4.69, 9.17) is 4.74 Å². The number of carbonyl (C=O) groups is 1. The highest BCUT2D eigenvalue weighted by molar-refractivity contribution is 7.92. The third-order valence-electron chi connectivity index (χ3n) is 5.55. The average molecular weight is 513 g/mol. The molecule has 14 heteroatoms. The molecule has 2 atom stereocenters. The molecule has 1 fully saturated rings. The largest absolute Gasteiger partial charge is 0.480 e. The van der Waals surface area contributed by atoms with Crippen LogP contribution in [-0.2, 0) is 27.2 Å². The van der Waals surface area contributed by atoms with Gasteiger partial charge in [-0.15, -0.1) is 5.10 Å². The van der Waals surface area contributed by atoms with Crippen molar-refractivity contribution in [3.8, 4) is 11.6 Å². The van der Waals surface area contributed by atoms with Crippen LogP contribution in [0.3, 0.4) is 0 Å².